The van der Waals surface area contributed by atoms with Gasteiger partial charge < -0.3 is 5.32 Å². The Hall–Kier alpha value is -1.40. The summed E-state index contributed by atoms with van der Waals surface area (Å²) in [7, 11) is -3.80. The number of hydrogen-bond acceptors (Lipinski definition) is 3. The predicted molar refractivity (Wildman–Crippen MR) is 76.9 cm³/mol. The Morgan fingerprint density at radius 1 is 1.40 bits per heavy atom. The topological polar surface area (TPSA) is 89.3 Å². The van der Waals surface area contributed by atoms with Crippen molar-refractivity contribution in [2.75, 3.05) is 0 Å². The molecule has 6 heteroatoms. The molecule has 2 rings (SSSR count). The summed E-state index contributed by atoms with van der Waals surface area (Å²) in [6.45, 7) is 3.83. The van der Waals surface area contributed by atoms with E-state index in [1.807, 2.05) is 6.92 Å². The number of nitrogens with two attached hydrogens (primary N) is 1. The predicted octanol–water partition coefficient (Wildman–Crippen LogP) is 1.70. The fraction of sp³-hybridized carbons (Fsp3) is 0.500. The Morgan fingerprint density at radius 2 is 2.05 bits per heavy atom. The van der Waals surface area contributed by atoms with Gasteiger partial charge in [-0.25, -0.2) is 13.6 Å². The van der Waals surface area contributed by atoms with Gasteiger partial charge in [0.05, 0.1) is 4.90 Å². The Bertz CT molecular complexity index is 628. The van der Waals surface area contributed by atoms with Crippen molar-refractivity contribution >= 4 is 15.9 Å². The maximum atomic E-state index is 12.4. The van der Waals surface area contributed by atoms with E-state index in [4.69, 9.17) is 5.14 Å². The molecule has 1 aliphatic carbocycles. The quantitative estimate of drug-likeness (QED) is 0.886. The lowest BCUT2D eigenvalue weighted by Gasteiger charge is -2.42. The number of aryl methyl sites for hydroxylation is 1. The number of amides is 1. The van der Waals surface area contributed by atoms with Gasteiger partial charge in [-0.15, -0.1) is 0 Å². The lowest BCUT2D eigenvalue weighted by atomic mass is 9.74. The molecule has 0 spiro atoms. The molecule has 5 nitrogen and oxygen atoms in total. The minimum atomic E-state index is -3.80. The normalized spacial score (nSPS) is 17.4. The second-order valence-corrected chi connectivity index (χ2v) is 7.02. The van der Waals surface area contributed by atoms with Gasteiger partial charge in [-0.3, -0.25) is 4.79 Å². The van der Waals surface area contributed by atoms with Crippen molar-refractivity contribution < 1.29 is 13.2 Å². The maximum Gasteiger partial charge on any atom is 0.252 e. The van der Waals surface area contributed by atoms with Crippen LogP contribution in [-0.4, -0.2) is 19.9 Å². The van der Waals surface area contributed by atoms with Crippen LogP contribution in [0.3, 0.4) is 0 Å². The van der Waals surface area contributed by atoms with Gasteiger partial charge in [0.25, 0.3) is 5.91 Å². The van der Waals surface area contributed by atoms with Crippen LogP contribution >= 0.6 is 0 Å². The summed E-state index contributed by atoms with van der Waals surface area (Å²) >= 11 is 0. The molecule has 1 aromatic rings. The number of nitrogens with one attached hydrogen (secondary N) is 1. The highest BCUT2D eigenvalue weighted by Gasteiger charge is 2.36. The van der Waals surface area contributed by atoms with Crippen molar-refractivity contribution in [3.63, 3.8) is 0 Å². The monoisotopic (exact) mass is 296 g/mol. The van der Waals surface area contributed by atoms with E-state index in [-0.39, 0.29) is 16.3 Å². The van der Waals surface area contributed by atoms with E-state index in [2.05, 4.69) is 5.32 Å². The lowest BCUT2D eigenvalue weighted by molar-refractivity contribution is 0.0819. The van der Waals surface area contributed by atoms with E-state index in [0.29, 0.717) is 5.56 Å². The molecule has 0 heterocycles. The van der Waals surface area contributed by atoms with E-state index < -0.39 is 10.0 Å². The van der Waals surface area contributed by atoms with Crippen LogP contribution < -0.4 is 10.5 Å². The molecule has 0 radical (unpaired) electrons. The van der Waals surface area contributed by atoms with Gasteiger partial charge in [0.2, 0.25) is 10.0 Å². The molecule has 110 valence electrons. The van der Waals surface area contributed by atoms with Crippen LogP contribution in [0.25, 0.3) is 0 Å². The summed E-state index contributed by atoms with van der Waals surface area (Å²) < 4.78 is 22.7. The SMILES string of the molecule is CCC1(NC(=O)c2cc(S(N)(=O)=O)ccc2C)CCC1. The molecule has 0 aromatic heterocycles. The van der Waals surface area contributed by atoms with E-state index in [1.165, 1.54) is 12.1 Å². The standard InChI is InChI=1S/C14H20N2O3S/c1-3-14(7-4-8-14)16-13(17)12-9-11(20(15,18)19)6-5-10(12)2/h5-6,9H,3-4,7-8H2,1-2H3,(H,16,17)(H2,15,18,19). The van der Waals surface area contributed by atoms with Crippen molar-refractivity contribution in [1.29, 1.82) is 0 Å². The van der Waals surface area contributed by atoms with Gasteiger partial charge in [0.15, 0.2) is 0 Å². The lowest BCUT2D eigenvalue weighted by Crippen LogP contribution is -2.53. The Morgan fingerprint density at radius 3 is 2.50 bits per heavy atom. The molecule has 0 saturated heterocycles. The number of sulfonamides is 1. The fourth-order valence-electron chi connectivity index (χ4n) is 2.50. The summed E-state index contributed by atoms with van der Waals surface area (Å²) in [6.07, 6.45) is 3.95. The van der Waals surface area contributed by atoms with Gasteiger partial charge in [-0.2, -0.15) is 0 Å². The molecule has 1 amide bonds. The van der Waals surface area contributed by atoms with Gasteiger partial charge in [-0.1, -0.05) is 13.0 Å². The zero-order valence-electron chi connectivity index (χ0n) is 11.8. The average molecular weight is 296 g/mol. The summed E-state index contributed by atoms with van der Waals surface area (Å²) in [5.41, 5.74) is 0.984. The van der Waals surface area contributed by atoms with Crippen LogP contribution in [0.15, 0.2) is 23.1 Å². The Labute approximate surface area is 119 Å². The highest BCUT2D eigenvalue weighted by molar-refractivity contribution is 7.89. The average Bonchev–Trinajstić information content (AvgIpc) is 2.32. The Balaban J connectivity index is 2.30. The number of carbonyl (C=O) groups is 1. The minimum Gasteiger partial charge on any atom is -0.347 e. The van der Waals surface area contributed by atoms with Gasteiger partial charge in [0.1, 0.15) is 0 Å². The van der Waals surface area contributed by atoms with Crippen LogP contribution in [0.5, 0.6) is 0 Å². The first-order chi connectivity index (χ1) is 9.27. The third-order valence-corrected chi connectivity index (χ3v) is 5.06. The van der Waals surface area contributed by atoms with E-state index >= 15 is 0 Å². The summed E-state index contributed by atoms with van der Waals surface area (Å²) in [4.78, 5) is 12.3. The molecule has 1 aromatic carbocycles. The second kappa shape index (κ2) is 5.18. The molecule has 0 bridgehead atoms. The third kappa shape index (κ3) is 2.86. The molecule has 3 N–H and O–H groups in total. The molecule has 1 aliphatic rings. The molecular weight excluding hydrogens is 276 g/mol. The van der Waals surface area contributed by atoms with Crippen LogP contribution in [0.1, 0.15) is 48.5 Å². The molecule has 1 fully saturated rings. The van der Waals surface area contributed by atoms with E-state index in [1.54, 1.807) is 13.0 Å². The number of primary sulfonamides is 1. The first-order valence-electron chi connectivity index (χ1n) is 6.73. The van der Waals surface area contributed by atoms with Crippen molar-refractivity contribution in [3.8, 4) is 0 Å². The Kier molecular flexibility index (Phi) is 3.88. The molecule has 1 saturated carbocycles. The van der Waals surface area contributed by atoms with Gasteiger partial charge >= 0.3 is 0 Å². The molecule has 20 heavy (non-hydrogen) atoms. The number of benzene rings is 1. The van der Waals surface area contributed by atoms with Crippen molar-refractivity contribution in [2.24, 2.45) is 5.14 Å². The molecule has 0 unspecified atom stereocenters. The highest BCUT2D eigenvalue weighted by Crippen LogP contribution is 2.35. The number of rotatable bonds is 4. The zero-order valence-corrected chi connectivity index (χ0v) is 12.6. The summed E-state index contributed by atoms with van der Waals surface area (Å²) in [6, 6.07) is 4.37. The van der Waals surface area contributed by atoms with Crippen molar-refractivity contribution in [2.45, 2.75) is 50.0 Å². The first-order valence-corrected chi connectivity index (χ1v) is 8.28. The number of carbonyl (C=O) groups excluding carboxylic acids is 1. The molecular formula is C14H20N2O3S. The molecule has 0 atom stereocenters. The fourth-order valence-corrected chi connectivity index (χ4v) is 3.04. The maximum absolute atomic E-state index is 12.4. The third-order valence-electron chi connectivity index (χ3n) is 4.15. The highest BCUT2D eigenvalue weighted by atomic mass is 32.2. The first kappa shape index (κ1) is 15.0. The number of hydrogen-bond donors (Lipinski definition) is 2. The minimum absolute atomic E-state index is 0.0348. The zero-order chi connectivity index (χ0) is 15.0. The van der Waals surface area contributed by atoms with Gasteiger partial charge in [0, 0.05) is 11.1 Å². The molecule has 0 aliphatic heterocycles. The largest absolute Gasteiger partial charge is 0.347 e. The summed E-state index contributed by atoms with van der Waals surface area (Å²) in [5, 5.41) is 8.15. The van der Waals surface area contributed by atoms with Crippen molar-refractivity contribution in [1.82, 2.24) is 5.32 Å². The van der Waals surface area contributed by atoms with Crippen LogP contribution in [-0.2, 0) is 10.0 Å². The van der Waals surface area contributed by atoms with Crippen LogP contribution in [0.2, 0.25) is 0 Å². The van der Waals surface area contributed by atoms with E-state index in [0.717, 1.165) is 31.2 Å². The van der Waals surface area contributed by atoms with Crippen molar-refractivity contribution in [3.05, 3.63) is 29.3 Å². The summed E-state index contributed by atoms with van der Waals surface area (Å²) in [5.74, 6) is -0.227. The van der Waals surface area contributed by atoms with Crippen LogP contribution in [0, 0.1) is 6.92 Å². The smallest absolute Gasteiger partial charge is 0.252 e. The van der Waals surface area contributed by atoms with Gasteiger partial charge in [-0.05, 0) is 50.3 Å². The second-order valence-electron chi connectivity index (χ2n) is 5.46. The van der Waals surface area contributed by atoms with E-state index in [9.17, 15) is 13.2 Å². The van der Waals surface area contributed by atoms with Crippen LogP contribution in [0.4, 0.5) is 0 Å².